The van der Waals surface area contributed by atoms with E-state index in [1.807, 2.05) is 82.5 Å². The second kappa shape index (κ2) is 17.1. The highest BCUT2D eigenvalue weighted by Gasteiger charge is 2.63. The van der Waals surface area contributed by atoms with Crippen molar-refractivity contribution in [2.45, 2.75) is 117 Å². The number of carbonyl (C=O) groups excluding carboxylic acids is 2. The molecule has 60 heavy (non-hydrogen) atoms. The molecule has 4 aliphatic heterocycles. The molecule has 0 unspecified atom stereocenters. The van der Waals surface area contributed by atoms with E-state index in [2.05, 4.69) is 30.8 Å². The summed E-state index contributed by atoms with van der Waals surface area (Å²) < 4.78 is 39.0. The molecule has 0 spiro atoms. The molecule has 4 saturated heterocycles. The van der Waals surface area contributed by atoms with Gasteiger partial charge in [-0.3, -0.25) is 19.0 Å². The molecular weight excluding hydrogens is 796 g/mol. The van der Waals surface area contributed by atoms with Gasteiger partial charge < -0.3 is 48.8 Å². The fourth-order valence-corrected chi connectivity index (χ4v) is 7.16. The molecule has 324 valence electrons. The highest BCUT2D eigenvalue weighted by molar-refractivity contribution is 7.11. The molecule has 4 atom stereocenters. The van der Waals surface area contributed by atoms with Gasteiger partial charge in [-0.1, -0.05) is 11.6 Å². The summed E-state index contributed by atoms with van der Waals surface area (Å²) >= 11 is 5.99. The first-order valence-electron chi connectivity index (χ1n) is 20.1. The van der Waals surface area contributed by atoms with Gasteiger partial charge in [-0.2, -0.15) is 10.2 Å². The molecule has 0 aromatic carbocycles. The second-order valence-electron chi connectivity index (χ2n) is 17.9. The Morgan fingerprint density at radius 2 is 1.12 bits per heavy atom. The number of nitrogens with one attached hydrogen (secondary N) is 2. The number of fused-ring (bicyclic) bond motifs is 2. The molecule has 4 aliphatic rings. The van der Waals surface area contributed by atoms with E-state index in [-0.39, 0.29) is 63.9 Å². The smallest absolute Gasteiger partial charge is 0.474 e. The number of aromatic nitrogens is 6. The van der Waals surface area contributed by atoms with Crippen molar-refractivity contribution in [3.05, 3.63) is 29.7 Å². The Labute approximate surface area is 356 Å². The first kappa shape index (κ1) is 45.5. The van der Waals surface area contributed by atoms with Crippen LogP contribution in [0.15, 0.2) is 24.5 Å². The second-order valence-corrected chi connectivity index (χ2v) is 18.3. The van der Waals surface area contributed by atoms with E-state index < -0.39 is 21.1 Å². The molecule has 0 aliphatic carbocycles. The summed E-state index contributed by atoms with van der Waals surface area (Å²) in [6, 6.07) is 3.22. The van der Waals surface area contributed by atoms with Crippen LogP contribution in [0.2, 0.25) is 5.15 Å². The minimum absolute atomic E-state index is 0.0134. The van der Waals surface area contributed by atoms with Crippen molar-refractivity contribution in [1.29, 1.82) is 0 Å². The van der Waals surface area contributed by atoms with Gasteiger partial charge in [0, 0.05) is 70.3 Å². The van der Waals surface area contributed by atoms with Crippen LogP contribution in [0.3, 0.4) is 0 Å². The molecular formula is C38H56B3ClN8O10. The maximum Gasteiger partial charge on any atom is 0.508 e. The number of rotatable bonds is 8. The van der Waals surface area contributed by atoms with Gasteiger partial charge >= 0.3 is 21.1 Å². The van der Waals surface area contributed by atoms with Gasteiger partial charge in [0.25, 0.3) is 0 Å². The van der Waals surface area contributed by atoms with Crippen LogP contribution < -0.4 is 25.7 Å². The number of ether oxygens (including phenoxy) is 2. The minimum Gasteiger partial charge on any atom is -0.474 e. The van der Waals surface area contributed by atoms with Crippen molar-refractivity contribution in [2.75, 3.05) is 13.1 Å². The van der Waals surface area contributed by atoms with Crippen LogP contribution in [0.1, 0.15) is 82.1 Å². The number of amides is 2. The Bertz CT molecular complexity index is 2150. The Morgan fingerprint density at radius 1 is 0.733 bits per heavy atom. The first-order chi connectivity index (χ1) is 27.8. The third-order valence-electron chi connectivity index (χ3n) is 12.1. The molecule has 0 radical (unpaired) electrons. The molecule has 8 rings (SSSR count). The average Bonchev–Trinajstić information content (AvgIpc) is 3.98. The molecule has 4 aromatic heterocycles. The molecule has 4 aromatic rings. The first-order valence-corrected chi connectivity index (χ1v) is 20.5. The number of halogens is 1. The minimum atomic E-state index is -1.70. The third-order valence-corrected chi connectivity index (χ3v) is 12.3. The third kappa shape index (κ3) is 9.87. The zero-order valence-corrected chi connectivity index (χ0v) is 37.2. The number of hydrogen-bond donors (Lipinski definition) is 4. The van der Waals surface area contributed by atoms with Crippen molar-refractivity contribution in [3.63, 3.8) is 0 Å². The normalized spacial score (nSPS) is 23.4. The summed E-state index contributed by atoms with van der Waals surface area (Å²) in [6.07, 6.45) is 4.15. The van der Waals surface area contributed by atoms with Gasteiger partial charge in [0.1, 0.15) is 22.9 Å². The zero-order valence-electron chi connectivity index (χ0n) is 36.4. The molecule has 0 bridgehead atoms. The van der Waals surface area contributed by atoms with Gasteiger partial charge in [0.2, 0.25) is 23.6 Å². The standard InChI is InChI=1S/C13H17BN4O4.C13H15ClN4O2.C12H24B2O4/c1-7(8-3-12(19)15-5-8)22-13-9-6-18(2)17-10(9)4-11(16-13)14(20)21;1-7(8-3-12(19)15-5-8)20-13-9-6-18(2)17-10(9)4-11(14)16-13;1-9(2)10(3,4)16-13(15-9)14-17-11(5,6)12(7,8)18-14/h4,6-8,20-21H,3,5H2,1-2H3,(H,15,19);4,6-8H,3,5H2,1-2H3,(H,15,19);1-8H3/t2*7-,8-;/m11./s1. The predicted molar refractivity (Wildman–Crippen MR) is 226 cm³/mol. The number of nitrogens with zero attached hydrogens (tertiary/aromatic N) is 6. The van der Waals surface area contributed by atoms with E-state index in [0.717, 1.165) is 10.9 Å². The topological polar surface area (TPSA) is 215 Å². The van der Waals surface area contributed by atoms with Crippen LogP contribution in [0.5, 0.6) is 11.8 Å². The van der Waals surface area contributed by atoms with E-state index in [1.165, 1.54) is 6.07 Å². The predicted octanol–water partition coefficient (Wildman–Crippen LogP) is 2.33. The van der Waals surface area contributed by atoms with Crippen LogP contribution in [0, 0.1) is 11.8 Å². The summed E-state index contributed by atoms with van der Waals surface area (Å²) in [5.74, 6) is 1.04. The summed E-state index contributed by atoms with van der Waals surface area (Å²) in [6.45, 7) is 21.2. The van der Waals surface area contributed by atoms with Crippen LogP contribution in [-0.2, 0) is 42.3 Å². The SMILES string of the molecule is CC1(C)OB(B2OC(C)(C)C(C)(C)O2)OC1(C)C.C[C@@H](Oc1nc(B(O)O)cc2nn(C)cc12)[C@H]1CNC(=O)C1.C[C@@H](Oc1nc(Cl)cc2nn(C)cc12)[C@H]1CNC(=O)C1. The molecule has 8 heterocycles. The average molecular weight is 853 g/mol. The van der Waals surface area contributed by atoms with E-state index in [1.54, 1.807) is 28.7 Å². The fraction of sp³-hybridized carbons (Fsp3) is 0.632. The lowest BCUT2D eigenvalue weighted by Gasteiger charge is -2.32. The number of hydrogen-bond acceptors (Lipinski definition) is 14. The molecule has 2 amide bonds. The van der Waals surface area contributed by atoms with Gasteiger partial charge in [-0.25, -0.2) is 9.97 Å². The van der Waals surface area contributed by atoms with Crippen molar-refractivity contribution >= 4 is 72.0 Å². The highest BCUT2D eigenvalue weighted by atomic mass is 35.5. The maximum absolute atomic E-state index is 11.3. The Morgan fingerprint density at radius 3 is 1.48 bits per heavy atom. The van der Waals surface area contributed by atoms with Crippen molar-refractivity contribution in [2.24, 2.45) is 25.9 Å². The summed E-state index contributed by atoms with van der Waals surface area (Å²) in [7, 11) is 0.952. The monoisotopic (exact) mass is 852 g/mol. The largest absolute Gasteiger partial charge is 0.508 e. The summed E-state index contributed by atoms with van der Waals surface area (Å²) in [5, 5.41) is 34.7. The molecule has 0 saturated carbocycles. The quantitative estimate of drug-likeness (QED) is 0.148. The van der Waals surface area contributed by atoms with Crippen LogP contribution in [0.25, 0.3) is 21.8 Å². The fourth-order valence-electron chi connectivity index (χ4n) is 6.98. The van der Waals surface area contributed by atoms with Crippen molar-refractivity contribution in [3.8, 4) is 11.8 Å². The van der Waals surface area contributed by atoms with E-state index in [4.69, 9.17) is 39.7 Å². The maximum atomic E-state index is 11.3. The van der Waals surface area contributed by atoms with Gasteiger partial charge in [-0.05, 0) is 75.3 Å². The van der Waals surface area contributed by atoms with Crippen molar-refractivity contribution in [1.82, 2.24) is 40.2 Å². The lowest BCUT2D eigenvalue weighted by atomic mass is 9.49. The lowest BCUT2D eigenvalue weighted by Crippen LogP contribution is -2.41. The van der Waals surface area contributed by atoms with Crippen LogP contribution >= 0.6 is 11.6 Å². The number of pyridine rings is 2. The Hall–Kier alpha value is -3.98. The van der Waals surface area contributed by atoms with E-state index in [0.29, 0.717) is 53.7 Å². The van der Waals surface area contributed by atoms with E-state index in [9.17, 15) is 19.6 Å². The van der Waals surface area contributed by atoms with E-state index >= 15 is 0 Å². The van der Waals surface area contributed by atoms with Gasteiger partial charge in [-0.15, -0.1) is 0 Å². The van der Waals surface area contributed by atoms with Crippen LogP contribution in [-0.4, -0.2) is 120 Å². The number of carbonyl (C=O) groups is 2. The Kier molecular flexibility index (Phi) is 13.0. The van der Waals surface area contributed by atoms with Crippen molar-refractivity contribution < 1.29 is 47.7 Å². The molecule has 4 N–H and O–H groups in total. The summed E-state index contributed by atoms with van der Waals surface area (Å²) in [5.41, 5.74) is -0.0434. The Balaban J connectivity index is 0.000000152. The van der Waals surface area contributed by atoms with Gasteiger partial charge in [0.15, 0.2) is 0 Å². The van der Waals surface area contributed by atoms with Gasteiger partial charge in [0.05, 0.1) is 44.3 Å². The number of aryl methyl sites for hydroxylation is 2. The van der Waals surface area contributed by atoms with Crippen LogP contribution in [0.4, 0.5) is 0 Å². The highest BCUT2D eigenvalue weighted by Crippen LogP contribution is 2.43. The lowest BCUT2D eigenvalue weighted by molar-refractivity contribution is -0.120. The molecule has 22 heteroatoms. The summed E-state index contributed by atoms with van der Waals surface area (Å²) in [4.78, 5) is 31.0. The molecule has 4 fully saturated rings. The zero-order chi connectivity index (χ0) is 44.1. The molecule has 18 nitrogen and oxygen atoms in total.